The molecule has 0 spiro atoms. The fourth-order valence-corrected chi connectivity index (χ4v) is 2.99. The lowest BCUT2D eigenvalue weighted by atomic mass is 10.0. The zero-order valence-electron chi connectivity index (χ0n) is 12.1. The molecule has 1 aromatic carbocycles. The summed E-state index contributed by atoms with van der Waals surface area (Å²) >= 11 is 6.33. The number of halogens is 1. The van der Waals surface area contributed by atoms with Crippen molar-refractivity contribution in [1.29, 1.82) is 0 Å². The highest BCUT2D eigenvalue weighted by Crippen LogP contribution is 2.33. The molecule has 0 amide bonds. The highest BCUT2D eigenvalue weighted by atomic mass is 35.5. The fourth-order valence-electron chi connectivity index (χ4n) is 2.75. The Morgan fingerprint density at radius 1 is 1.43 bits per heavy atom. The first-order chi connectivity index (χ1) is 10.1. The predicted octanol–water partition coefficient (Wildman–Crippen LogP) is 2.61. The highest BCUT2D eigenvalue weighted by molar-refractivity contribution is 6.31. The van der Waals surface area contributed by atoms with Gasteiger partial charge >= 0.3 is 0 Å². The quantitative estimate of drug-likeness (QED) is 0.673. The number of hydrogen-bond donors (Lipinski definition) is 2. The molecule has 3 N–H and O–H groups in total. The summed E-state index contributed by atoms with van der Waals surface area (Å²) in [5.41, 5.74) is 6.01. The Hall–Kier alpha value is -1.56. The molecule has 1 aliphatic rings. The van der Waals surface area contributed by atoms with E-state index in [0.717, 1.165) is 30.0 Å². The van der Waals surface area contributed by atoms with Gasteiger partial charge in [-0.05, 0) is 37.1 Å². The van der Waals surface area contributed by atoms with E-state index in [9.17, 15) is 0 Å². The van der Waals surface area contributed by atoms with Crippen LogP contribution in [-0.2, 0) is 6.42 Å². The van der Waals surface area contributed by atoms with Gasteiger partial charge in [0.1, 0.15) is 5.75 Å². The molecule has 0 aliphatic carbocycles. The number of ether oxygens (including phenoxy) is 1. The summed E-state index contributed by atoms with van der Waals surface area (Å²) in [4.78, 5) is 0. The van der Waals surface area contributed by atoms with Crippen molar-refractivity contribution in [3.63, 3.8) is 0 Å². The average molecular weight is 307 g/mol. The van der Waals surface area contributed by atoms with E-state index in [4.69, 9.17) is 22.2 Å². The van der Waals surface area contributed by atoms with Gasteiger partial charge in [0.2, 0.25) is 0 Å². The molecule has 5 nitrogen and oxygen atoms in total. The van der Waals surface area contributed by atoms with Crippen LogP contribution in [0.4, 0.5) is 0 Å². The highest BCUT2D eigenvalue weighted by Gasteiger charge is 2.24. The van der Waals surface area contributed by atoms with Gasteiger partial charge in [-0.15, -0.1) is 0 Å². The molecule has 6 heteroatoms. The van der Waals surface area contributed by atoms with E-state index in [1.54, 1.807) is 6.20 Å². The minimum Gasteiger partial charge on any atom is -0.493 e. The number of hydrazine groups is 1. The zero-order valence-corrected chi connectivity index (χ0v) is 12.9. The van der Waals surface area contributed by atoms with Crippen LogP contribution in [0.15, 0.2) is 24.4 Å². The number of hydrogen-bond acceptors (Lipinski definition) is 4. The Morgan fingerprint density at radius 3 is 2.95 bits per heavy atom. The molecule has 1 aromatic heterocycles. The monoisotopic (exact) mass is 306 g/mol. The van der Waals surface area contributed by atoms with Crippen molar-refractivity contribution in [2.45, 2.75) is 32.4 Å². The van der Waals surface area contributed by atoms with Gasteiger partial charge in [0.15, 0.2) is 0 Å². The summed E-state index contributed by atoms with van der Waals surface area (Å²) < 4.78 is 7.45. The summed E-state index contributed by atoms with van der Waals surface area (Å²) in [5.74, 6) is 6.75. The SMILES string of the molecule is CC(C)n1ncc(Cl)c1C(NN)c1ccc2c(c1)CCO2. The van der Waals surface area contributed by atoms with Crippen LogP contribution >= 0.6 is 11.6 Å². The second-order valence-electron chi connectivity index (χ2n) is 5.48. The number of nitrogens with two attached hydrogens (primary N) is 1. The van der Waals surface area contributed by atoms with Gasteiger partial charge in [-0.2, -0.15) is 5.10 Å². The van der Waals surface area contributed by atoms with E-state index >= 15 is 0 Å². The third-order valence-electron chi connectivity index (χ3n) is 3.76. The fraction of sp³-hybridized carbons (Fsp3) is 0.400. The number of nitrogens with one attached hydrogen (secondary N) is 1. The minimum atomic E-state index is -0.201. The van der Waals surface area contributed by atoms with Crippen molar-refractivity contribution in [2.75, 3.05) is 6.61 Å². The molecule has 1 unspecified atom stereocenters. The largest absolute Gasteiger partial charge is 0.493 e. The third-order valence-corrected chi connectivity index (χ3v) is 4.05. The Kier molecular flexibility index (Phi) is 3.89. The van der Waals surface area contributed by atoms with E-state index in [0.29, 0.717) is 5.02 Å². The first kappa shape index (κ1) is 14.4. The smallest absolute Gasteiger partial charge is 0.122 e. The molecule has 1 aliphatic heterocycles. The Labute approximate surface area is 129 Å². The summed E-state index contributed by atoms with van der Waals surface area (Å²) in [6.45, 7) is 4.87. The zero-order chi connectivity index (χ0) is 15.0. The van der Waals surface area contributed by atoms with Gasteiger partial charge in [-0.3, -0.25) is 10.5 Å². The summed E-state index contributed by atoms with van der Waals surface area (Å²) in [6, 6.07) is 6.14. The van der Waals surface area contributed by atoms with Crippen molar-refractivity contribution in [3.05, 3.63) is 46.2 Å². The van der Waals surface area contributed by atoms with Gasteiger partial charge in [0, 0.05) is 12.5 Å². The number of aromatic nitrogens is 2. The van der Waals surface area contributed by atoms with Gasteiger partial charge in [-0.25, -0.2) is 5.43 Å². The standard InChI is InChI=1S/C15H19ClN4O/c1-9(2)20-15(12(16)8-18-20)14(19-17)11-3-4-13-10(7-11)5-6-21-13/h3-4,7-9,14,19H,5-6,17H2,1-2H3. The van der Waals surface area contributed by atoms with Crippen LogP contribution < -0.4 is 16.0 Å². The molecule has 1 atom stereocenters. The van der Waals surface area contributed by atoms with Crippen LogP contribution in [0.5, 0.6) is 5.75 Å². The van der Waals surface area contributed by atoms with Crippen LogP contribution in [0.1, 0.15) is 42.8 Å². The summed E-state index contributed by atoms with van der Waals surface area (Å²) in [5, 5.41) is 4.96. The van der Waals surface area contributed by atoms with Crippen molar-refractivity contribution >= 4 is 11.6 Å². The van der Waals surface area contributed by atoms with Crippen molar-refractivity contribution < 1.29 is 4.74 Å². The van der Waals surface area contributed by atoms with Crippen LogP contribution in [0, 0.1) is 0 Å². The molecular formula is C15H19ClN4O. The van der Waals surface area contributed by atoms with Crippen molar-refractivity contribution in [1.82, 2.24) is 15.2 Å². The number of nitrogens with zero attached hydrogens (tertiary/aromatic N) is 2. The van der Waals surface area contributed by atoms with E-state index in [-0.39, 0.29) is 12.1 Å². The minimum absolute atomic E-state index is 0.201. The first-order valence-electron chi connectivity index (χ1n) is 7.06. The Morgan fingerprint density at radius 2 is 2.24 bits per heavy atom. The molecule has 0 radical (unpaired) electrons. The number of benzene rings is 1. The molecule has 21 heavy (non-hydrogen) atoms. The van der Waals surface area contributed by atoms with Crippen LogP contribution in [-0.4, -0.2) is 16.4 Å². The maximum atomic E-state index is 6.33. The first-order valence-corrected chi connectivity index (χ1v) is 7.44. The third kappa shape index (κ3) is 2.52. The van der Waals surface area contributed by atoms with E-state index in [1.807, 2.05) is 16.8 Å². The molecule has 2 heterocycles. The number of fused-ring (bicyclic) bond motifs is 1. The van der Waals surface area contributed by atoms with Gasteiger partial charge < -0.3 is 4.74 Å². The maximum Gasteiger partial charge on any atom is 0.122 e. The van der Waals surface area contributed by atoms with Crippen molar-refractivity contribution in [3.8, 4) is 5.75 Å². The molecule has 0 bridgehead atoms. The average Bonchev–Trinajstić information content (AvgIpc) is 3.07. The van der Waals surface area contributed by atoms with Crippen LogP contribution in [0.2, 0.25) is 5.02 Å². The molecule has 0 saturated heterocycles. The lowest BCUT2D eigenvalue weighted by molar-refractivity contribution is 0.356. The molecule has 0 saturated carbocycles. The molecule has 112 valence electrons. The van der Waals surface area contributed by atoms with E-state index in [2.05, 4.69) is 30.4 Å². The van der Waals surface area contributed by atoms with Crippen LogP contribution in [0.3, 0.4) is 0 Å². The van der Waals surface area contributed by atoms with Crippen LogP contribution in [0.25, 0.3) is 0 Å². The topological polar surface area (TPSA) is 65.1 Å². The lowest BCUT2D eigenvalue weighted by Gasteiger charge is -2.21. The summed E-state index contributed by atoms with van der Waals surface area (Å²) in [6.07, 6.45) is 2.59. The number of rotatable bonds is 4. The summed E-state index contributed by atoms with van der Waals surface area (Å²) in [7, 11) is 0. The van der Waals surface area contributed by atoms with Crippen molar-refractivity contribution in [2.24, 2.45) is 5.84 Å². The predicted molar refractivity (Wildman–Crippen MR) is 82.4 cm³/mol. The molecule has 3 rings (SSSR count). The second-order valence-corrected chi connectivity index (χ2v) is 5.89. The van der Waals surface area contributed by atoms with Gasteiger partial charge in [-0.1, -0.05) is 17.7 Å². The van der Waals surface area contributed by atoms with E-state index < -0.39 is 0 Å². The maximum absolute atomic E-state index is 6.33. The normalized spacial score (nSPS) is 15.1. The van der Waals surface area contributed by atoms with E-state index in [1.165, 1.54) is 5.56 Å². The molecule has 2 aromatic rings. The lowest BCUT2D eigenvalue weighted by Crippen LogP contribution is -2.31. The second kappa shape index (κ2) is 5.67. The van der Waals surface area contributed by atoms with Gasteiger partial charge in [0.25, 0.3) is 0 Å². The van der Waals surface area contributed by atoms with Gasteiger partial charge in [0.05, 0.1) is 29.6 Å². The molecule has 0 fully saturated rings. The Balaban J connectivity index is 2.05. The Bertz CT molecular complexity index is 653. The molecular weight excluding hydrogens is 288 g/mol.